The van der Waals surface area contributed by atoms with Crippen LogP contribution in [0.4, 0.5) is 10.8 Å². The van der Waals surface area contributed by atoms with Gasteiger partial charge >= 0.3 is 0 Å². The lowest BCUT2D eigenvalue weighted by Gasteiger charge is -2.27. The molecule has 1 aromatic heterocycles. The number of nitrogen functional groups attached to an aromatic ring is 1. The first-order valence-corrected chi connectivity index (χ1v) is 9.10. The van der Waals surface area contributed by atoms with Crippen molar-refractivity contribution in [1.82, 2.24) is 9.27 Å². The Bertz CT molecular complexity index is 567. The van der Waals surface area contributed by atoms with Crippen LogP contribution in [0.15, 0.2) is 4.90 Å². The molecule has 1 atom stereocenters. The molecule has 7 nitrogen and oxygen atoms in total. The molecular weight excluding hydrogens is 312 g/mol. The predicted molar refractivity (Wildman–Crippen MR) is 86.5 cm³/mol. The molecule has 0 bridgehead atoms. The van der Waals surface area contributed by atoms with Crippen molar-refractivity contribution in [1.29, 1.82) is 0 Å². The molecule has 1 aromatic rings. The Morgan fingerprint density at radius 3 is 2.62 bits per heavy atom. The number of anilines is 2. The van der Waals surface area contributed by atoms with Crippen LogP contribution < -0.4 is 11.1 Å². The fraction of sp³-hybridized carbons (Fsp3) is 0.750. The fourth-order valence-electron chi connectivity index (χ4n) is 2.09. The predicted octanol–water partition coefficient (Wildman–Crippen LogP) is 0.633. The van der Waals surface area contributed by atoms with Gasteiger partial charge in [0.15, 0.2) is 15.7 Å². The number of likely N-dealkylation sites (N-methyl/N-ethyl adjacent to an activating group) is 1. The first-order chi connectivity index (χ1) is 9.59. The summed E-state index contributed by atoms with van der Waals surface area (Å²) in [5.41, 5.74) is 4.70. The maximum atomic E-state index is 12.2. The molecule has 4 N–H and O–H groups in total. The zero-order valence-electron chi connectivity index (χ0n) is 12.9. The second-order valence-corrected chi connectivity index (χ2v) is 8.45. The van der Waals surface area contributed by atoms with Crippen molar-refractivity contribution in [3.05, 3.63) is 0 Å². The van der Waals surface area contributed by atoms with Gasteiger partial charge in [0.05, 0.1) is 11.4 Å². The minimum Gasteiger partial charge on any atom is -0.387 e. The lowest BCUT2D eigenvalue weighted by Crippen LogP contribution is -2.43. The molecule has 9 heteroatoms. The standard InChI is InChI=1S/C12H24N4O3S2/c1-5-6-21(18,19)9-10(13)15-20-11(9)14-7-12(2,17)8-16(3)4/h14,17H,5-8H2,1-4H3,(H2,13,15). The molecule has 0 saturated carbocycles. The zero-order valence-corrected chi connectivity index (χ0v) is 14.5. The number of aromatic nitrogens is 1. The van der Waals surface area contributed by atoms with Crippen LogP contribution in [-0.2, 0) is 9.84 Å². The van der Waals surface area contributed by atoms with Crippen molar-refractivity contribution in [2.24, 2.45) is 0 Å². The van der Waals surface area contributed by atoms with Gasteiger partial charge in [-0.2, -0.15) is 4.37 Å². The molecule has 0 amide bonds. The number of rotatable bonds is 8. The van der Waals surface area contributed by atoms with E-state index in [1.807, 2.05) is 19.0 Å². The molecule has 0 saturated heterocycles. The summed E-state index contributed by atoms with van der Waals surface area (Å²) < 4.78 is 28.3. The molecule has 0 aliphatic carbocycles. The minimum absolute atomic E-state index is 0.0169. The lowest BCUT2D eigenvalue weighted by atomic mass is 10.1. The van der Waals surface area contributed by atoms with E-state index in [0.717, 1.165) is 11.5 Å². The Labute approximate surface area is 130 Å². The first-order valence-electron chi connectivity index (χ1n) is 6.68. The highest BCUT2D eigenvalue weighted by molar-refractivity contribution is 7.91. The van der Waals surface area contributed by atoms with E-state index in [0.29, 0.717) is 18.0 Å². The van der Waals surface area contributed by atoms with Gasteiger partial charge in [0, 0.05) is 13.1 Å². The van der Waals surface area contributed by atoms with Gasteiger partial charge < -0.3 is 21.1 Å². The number of nitrogens with one attached hydrogen (secondary N) is 1. The number of nitrogens with two attached hydrogens (primary N) is 1. The van der Waals surface area contributed by atoms with E-state index < -0.39 is 15.4 Å². The van der Waals surface area contributed by atoms with Crippen LogP contribution in [0.25, 0.3) is 0 Å². The van der Waals surface area contributed by atoms with Gasteiger partial charge in [0.2, 0.25) is 0 Å². The minimum atomic E-state index is -3.45. The van der Waals surface area contributed by atoms with Gasteiger partial charge in [-0.3, -0.25) is 0 Å². The smallest absolute Gasteiger partial charge is 0.185 e. The average Bonchev–Trinajstić information content (AvgIpc) is 2.67. The van der Waals surface area contributed by atoms with Crippen molar-refractivity contribution in [2.45, 2.75) is 30.8 Å². The van der Waals surface area contributed by atoms with E-state index >= 15 is 0 Å². The molecule has 21 heavy (non-hydrogen) atoms. The summed E-state index contributed by atoms with van der Waals surface area (Å²) in [6.07, 6.45) is 0.509. The highest BCUT2D eigenvalue weighted by atomic mass is 32.2. The van der Waals surface area contributed by atoms with E-state index in [-0.39, 0.29) is 23.0 Å². The van der Waals surface area contributed by atoms with E-state index in [4.69, 9.17) is 5.73 Å². The summed E-state index contributed by atoms with van der Waals surface area (Å²) in [5, 5.41) is 13.6. The van der Waals surface area contributed by atoms with Crippen LogP contribution in [0, 0.1) is 0 Å². The van der Waals surface area contributed by atoms with Gasteiger partial charge in [-0.1, -0.05) is 6.92 Å². The summed E-state index contributed by atoms with van der Waals surface area (Å²) >= 11 is 0.998. The Morgan fingerprint density at radius 2 is 2.10 bits per heavy atom. The number of sulfone groups is 1. The van der Waals surface area contributed by atoms with Crippen molar-refractivity contribution in [2.75, 3.05) is 44.0 Å². The van der Waals surface area contributed by atoms with Crippen molar-refractivity contribution in [3.8, 4) is 0 Å². The number of nitrogens with zero attached hydrogens (tertiary/aromatic N) is 2. The van der Waals surface area contributed by atoms with Crippen molar-refractivity contribution < 1.29 is 13.5 Å². The first kappa shape index (κ1) is 18.1. The number of aliphatic hydroxyl groups is 1. The Balaban J connectivity index is 2.92. The number of hydrogen-bond acceptors (Lipinski definition) is 8. The van der Waals surface area contributed by atoms with Gasteiger partial charge in [-0.05, 0) is 39.0 Å². The van der Waals surface area contributed by atoms with Crippen LogP contribution in [0.1, 0.15) is 20.3 Å². The van der Waals surface area contributed by atoms with Crippen LogP contribution in [0.3, 0.4) is 0 Å². The van der Waals surface area contributed by atoms with Crippen molar-refractivity contribution >= 4 is 32.2 Å². The zero-order chi connectivity index (χ0) is 16.3. The quantitative estimate of drug-likeness (QED) is 0.639. The largest absolute Gasteiger partial charge is 0.387 e. The molecule has 122 valence electrons. The van der Waals surface area contributed by atoms with Crippen LogP contribution in [0.2, 0.25) is 0 Å². The average molecular weight is 336 g/mol. The normalized spacial score (nSPS) is 15.1. The molecule has 1 heterocycles. The van der Waals surface area contributed by atoms with Gasteiger partial charge in [-0.25, -0.2) is 8.42 Å². The van der Waals surface area contributed by atoms with Gasteiger partial charge in [0.1, 0.15) is 9.90 Å². The molecule has 0 aliphatic rings. The van der Waals surface area contributed by atoms with Crippen molar-refractivity contribution in [3.63, 3.8) is 0 Å². The molecule has 0 aromatic carbocycles. The third kappa shape index (κ3) is 5.10. The van der Waals surface area contributed by atoms with E-state index in [1.165, 1.54) is 0 Å². The molecule has 0 radical (unpaired) electrons. The summed E-state index contributed by atoms with van der Waals surface area (Å²) in [6.45, 7) is 4.14. The third-order valence-corrected chi connectivity index (χ3v) is 5.67. The van der Waals surface area contributed by atoms with E-state index in [2.05, 4.69) is 9.69 Å². The SMILES string of the molecule is CCCS(=O)(=O)c1c(N)nsc1NCC(C)(O)CN(C)C. The summed E-state index contributed by atoms with van der Waals surface area (Å²) in [7, 11) is 0.264. The molecule has 0 fully saturated rings. The molecule has 0 spiro atoms. The topological polar surface area (TPSA) is 109 Å². The molecular formula is C12H24N4O3S2. The maximum Gasteiger partial charge on any atom is 0.185 e. The van der Waals surface area contributed by atoms with Gasteiger partial charge in [0.25, 0.3) is 0 Å². The molecule has 0 aliphatic heterocycles. The monoisotopic (exact) mass is 336 g/mol. The van der Waals surface area contributed by atoms with Crippen LogP contribution in [-0.4, -0.2) is 61.3 Å². The fourth-order valence-corrected chi connectivity index (χ4v) is 4.70. The second kappa shape index (κ2) is 6.91. The van der Waals surface area contributed by atoms with Gasteiger partial charge in [-0.15, -0.1) is 0 Å². The van der Waals surface area contributed by atoms with E-state index in [1.54, 1.807) is 13.8 Å². The summed E-state index contributed by atoms with van der Waals surface area (Å²) in [5.74, 6) is 0.0430. The molecule has 1 rings (SSSR count). The maximum absolute atomic E-state index is 12.2. The Morgan fingerprint density at radius 1 is 1.48 bits per heavy atom. The van der Waals surface area contributed by atoms with Crippen LogP contribution in [0.5, 0.6) is 0 Å². The third-order valence-electron chi connectivity index (χ3n) is 2.74. The summed E-state index contributed by atoms with van der Waals surface area (Å²) in [4.78, 5) is 1.91. The Kier molecular flexibility index (Phi) is 5.97. The second-order valence-electron chi connectivity index (χ2n) is 5.63. The summed E-state index contributed by atoms with van der Waals surface area (Å²) in [6, 6.07) is 0. The molecule has 1 unspecified atom stereocenters. The number of hydrogen-bond donors (Lipinski definition) is 3. The van der Waals surface area contributed by atoms with E-state index in [9.17, 15) is 13.5 Å². The lowest BCUT2D eigenvalue weighted by molar-refractivity contribution is 0.0460. The highest BCUT2D eigenvalue weighted by Crippen LogP contribution is 2.32. The van der Waals surface area contributed by atoms with Crippen LogP contribution >= 0.6 is 11.5 Å². The Hall–Kier alpha value is -0.900. The highest BCUT2D eigenvalue weighted by Gasteiger charge is 2.27.